The van der Waals surface area contributed by atoms with E-state index >= 15 is 0 Å². The van der Waals surface area contributed by atoms with Gasteiger partial charge in [-0.05, 0) is 42.3 Å². The SMILES string of the molecule is CCc1ccc(C(=O)OCC(=O)N(c2ccccc2)[C@@H]2C=CS(=O)(=O)C2)cc1. The van der Waals surface area contributed by atoms with Gasteiger partial charge in [-0.3, -0.25) is 4.79 Å². The van der Waals surface area contributed by atoms with Crippen LogP contribution >= 0.6 is 0 Å². The van der Waals surface area contributed by atoms with Crippen LogP contribution in [-0.4, -0.2) is 38.7 Å². The fourth-order valence-corrected chi connectivity index (χ4v) is 4.25. The molecule has 1 heterocycles. The first-order chi connectivity index (χ1) is 13.4. The molecule has 0 saturated heterocycles. The zero-order chi connectivity index (χ0) is 20.1. The Morgan fingerprint density at radius 1 is 1.07 bits per heavy atom. The van der Waals surface area contributed by atoms with Crippen molar-refractivity contribution in [1.29, 1.82) is 0 Å². The highest BCUT2D eigenvalue weighted by molar-refractivity contribution is 7.94. The second kappa shape index (κ2) is 8.39. The van der Waals surface area contributed by atoms with E-state index in [1.165, 1.54) is 11.0 Å². The fraction of sp³-hybridized carbons (Fsp3) is 0.238. The molecule has 3 rings (SSSR count). The summed E-state index contributed by atoms with van der Waals surface area (Å²) in [5.41, 5.74) is 2.00. The van der Waals surface area contributed by atoms with Gasteiger partial charge < -0.3 is 9.64 Å². The number of anilines is 1. The summed E-state index contributed by atoms with van der Waals surface area (Å²) in [5.74, 6) is -1.28. The summed E-state index contributed by atoms with van der Waals surface area (Å²) in [5, 5.41) is 1.11. The van der Waals surface area contributed by atoms with Crippen molar-refractivity contribution >= 4 is 27.4 Å². The van der Waals surface area contributed by atoms with E-state index in [0.717, 1.165) is 17.4 Å². The maximum atomic E-state index is 12.8. The number of hydrogen-bond donors (Lipinski definition) is 0. The number of esters is 1. The number of hydrogen-bond acceptors (Lipinski definition) is 5. The van der Waals surface area contributed by atoms with Gasteiger partial charge in [0.15, 0.2) is 16.4 Å². The summed E-state index contributed by atoms with van der Waals surface area (Å²) in [6.45, 7) is 1.54. The summed E-state index contributed by atoms with van der Waals surface area (Å²) < 4.78 is 28.8. The van der Waals surface area contributed by atoms with Gasteiger partial charge in [-0.1, -0.05) is 37.3 Å². The summed E-state index contributed by atoms with van der Waals surface area (Å²) in [7, 11) is -3.35. The molecule has 7 heteroatoms. The minimum absolute atomic E-state index is 0.194. The van der Waals surface area contributed by atoms with Gasteiger partial charge in [0.25, 0.3) is 5.91 Å². The first-order valence-electron chi connectivity index (χ1n) is 8.94. The average Bonchev–Trinajstić information content (AvgIpc) is 3.06. The third kappa shape index (κ3) is 4.67. The van der Waals surface area contributed by atoms with E-state index in [0.29, 0.717) is 11.3 Å². The standard InChI is InChI=1S/C21H21NO5S/c1-2-16-8-10-17(11-9-16)21(24)27-14-20(23)22(18-6-4-3-5-7-18)19-12-13-28(25,26)15-19/h3-13,19H,2,14-15H2,1H3/t19-/m1/s1. The molecular formula is C21H21NO5S. The smallest absolute Gasteiger partial charge is 0.338 e. The number of benzene rings is 2. The quantitative estimate of drug-likeness (QED) is 0.698. The van der Waals surface area contributed by atoms with Crippen molar-refractivity contribution in [2.45, 2.75) is 19.4 Å². The lowest BCUT2D eigenvalue weighted by molar-refractivity contribution is -0.121. The molecule has 1 aliphatic rings. The molecule has 1 atom stereocenters. The molecule has 0 spiro atoms. The summed E-state index contributed by atoms with van der Waals surface area (Å²) >= 11 is 0. The molecule has 1 aliphatic heterocycles. The number of carbonyl (C=O) groups is 2. The predicted octanol–water partition coefficient (Wildman–Crippen LogP) is 2.75. The fourth-order valence-electron chi connectivity index (χ4n) is 2.99. The lowest BCUT2D eigenvalue weighted by Gasteiger charge is -2.27. The maximum Gasteiger partial charge on any atom is 0.338 e. The van der Waals surface area contributed by atoms with Gasteiger partial charge in [0.05, 0.1) is 17.4 Å². The van der Waals surface area contributed by atoms with E-state index in [2.05, 4.69) is 0 Å². The van der Waals surface area contributed by atoms with Crippen LogP contribution in [0.25, 0.3) is 0 Å². The molecule has 6 nitrogen and oxygen atoms in total. The van der Waals surface area contributed by atoms with Crippen LogP contribution in [0.15, 0.2) is 66.1 Å². The van der Waals surface area contributed by atoms with Crippen molar-refractivity contribution in [3.05, 3.63) is 77.2 Å². The zero-order valence-corrected chi connectivity index (χ0v) is 16.3. The van der Waals surface area contributed by atoms with Crippen molar-refractivity contribution in [3.8, 4) is 0 Å². The van der Waals surface area contributed by atoms with E-state index in [9.17, 15) is 18.0 Å². The van der Waals surface area contributed by atoms with Crippen molar-refractivity contribution < 1.29 is 22.7 Å². The second-order valence-electron chi connectivity index (χ2n) is 6.45. The van der Waals surface area contributed by atoms with Crippen LogP contribution in [0.2, 0.25) is 0 Å². The molecular weight excluding hydrogens is 378 g/mol. The van der Waals surface area contributed by atoms with Crippen molar-refractivity contribution in [3.63, 3.8) is 0 Å². The minimum atomic E-state index is -3.35. The number of ether oxygens (including phenoxy) is 1. The Kier molecular flexibility index (Phi) is 5.94. The Bertz CT molecular complexity index is 981. The van der Waals surface area contributed by atoms with Gasteiger partial charge in [0.1, 0.15) is 0 Å². The van der Waals surface area contributed by atoms with Crippen molar-refractivity contribution in [1.82, 2.24) is 0 Å². The lowest BCUT2D eigenvalue weighted by Crippen LogP contribution is -2.43. The molecule has 0 radical (unpaired) electrons. The largest absolute Gasteiger partial charge is 0.452 e. The first-order valence-corrected chi connectivity index (χ1v) is 10.7. The highest BCUT2D eigenvalue weighted by Crippen LogP contribution is 2.23. The molecule has 146 valence electrons. The van der Waals surface area contributed by atoms with Gasteiger partial charge in [-0.25, -0.2) is 13.2 Å². The highest BCUT2D eigenvalue weighted by atomic mass is 32.2. The number of para-hydroxylation sites is 1. The van der Waals surface area contributed by atoms with Crippen molar-refractivity contribution in [2.24, 2.45) is 0 Å². The lowest BCUT2D eigenvalue weighted by atomic mass is 10.1. The third-order valence-corrected chi connectivity index (χ3v) is 5.85. The van der Waals surface area contributed by atoms with Gasteiger partial charge in [-0.15, -0.1) is 0 Å². The number of aryl methyl sites for hydroxylation is 1. The van der Waals surface area contributed by atoms with Crippen LogP contribution in [-0.2, 0) is 25.8 Å². The Morgan fingerprint density at radius 2 is 1.75 bits per heavy atom. The molecule has 0 fully saturated rings. The Labute approximate surface area is 164 Å². The first kappa shape index (κ1) is 19.8. The molecule has 0 saturated carbocycles. The topological polar surface area (TPSA) is 80.8 Å². The van der Waals surface area contributed by atoms with Gasteiger partial charge in [-0.2, -0.15) is 0 Å². The maximum absolute atomic E-state index is 12.8. The van der Waals surface area contributed by atoms with Gasteiger partial charge in [0, 0.05) is 11.1 Å². The van der Waals surface area contributed by atoms with Crippen LogP contribution in [0.5, 0.6) is 0 Å². The normalized spacial score (nSPS) is 17.2. The van der Waals surface area contributed by atoms with Crippen LogP contribution in [0, 0.1) is 0 Å². The van der Waals surface area contributed by atoms with Crippen LogP contribution in [0.3, 0.4) is 0 Å². The Balaban J connectivity index is 1.72. The van der Waals surface area contributed by atoms with Gasteiger partial charge in [0.2, 0.25) is 0 Å². The second-order valence-corrected chi connectivity index (χ2v) is 8.38. The molecule has 0 aliphatic carbocycles. The molecule has 0 unspecified atom stereocenters. The van der Waals surface area contributed by atoms with Crippen molar-refractivity contribution in [2.75, 3.05) is 17.3 Å². The van der Waals surface area contributed by atoms with E-state index in [4.69, 9.17) is 4.74 Å². The van der Waals surface area contributed by atoms with E-state index in [-0.39, 0.29) is 5.75 Å². The summed E-state index contributed by atoms with van der Waals surface area (Å²) in [6.07, 6.45) is 2.34. The number of rotatable bonds is 6. The summed E-state index contributed by atoms with van der Waals surface area (Å²) in [4.78, 5) is 26.4. The number of carbonyl (C=O) groups excluding carboxylic acids is 2. The number of nitrogens with zero attached hydrogens (tertiary/aromatic N) is 1. The van der Waals surface area contributed by atoms with E-state index in [1.54, 1.807) is 42.5 Å². The number of amides is 1. The van der Waals surface area contributed by atoms with Gasteiger partial charge >= 0.3 is 5.97 Å². The van der Waals surface area contributed by atoms with Crippen LogP contribution in [0.1, 0.15) is 22.8 Å². The molecule has 0 aromatic heterocycles. The van der Waals surface area contributed by atoms with E-state index < -0.39 is 34.4 Å². The van der Waals surface area contributed by atoms with Crippen LogP contribution in [0.4, 0.5) is 5.69 Å². The third-order valence-electron chi connectivity index (χ3n) is 4.47. The highest BCUT2D eigenvalue weighted by Gasteiger charge is 2.31. The Hall–Kier alpha value is -2.93. The molecule has 0 N–H and O–H groups in total. The molecule has 1 amide bonds. The molecule has 28 heavy (non-hydrogen) atoms. The molecule has 2 aromatic carbocycles. The summed E-state index contributed by atoms with van der Waals surface area (Å²) in [6, 6.07) is 15.1. The molecule has 0 bridgehead atoms. The zero-order valence-electron chi connectivity index (χ0n) is 15.4. The Morgan fingerprint density at radius 3 is 2.32 bits per heavy atom. The average molecular weight is 399 g/mol. The minimum Gasteiger partial charge on any atom is -0.452 e. The number of sulfone groups is 1. The van der Waals surface area contributed by atoms with E-state index in [1.807, 2.05) is 19.1 Å². The monoisotopic (exact) mass is 399 g/mol. The predicted molar refractivity (Wildman–Crippen MR) is 107 cm³/mol. The van der Waals surface area contributed by atoms with Crippen LogP contribution < -0.4 is 4.90 Å². The molecule has 2 aromatic rings.